The smallest absolute Gasteiger partial charge is 0.120 e. The van der Waals surface area contributed by atoms with Gasteiger partial charge in [-0.15, -0.1) is 12.4 Å². The van der Waals surface area contributed by atoms with Gasteiger partial charge in [0.15, 0.2) is 0 Å². The quantitative estimate of drug-likeness (QED) is 0.277. The van der Waals surface area contributed by atoms with Crippen molar-refractivity contribution in [1.82, 2.24) is 4.90 Å². The molecule has 15 atom stereocenters. The summed E-state index contributed by atoms with van der Waals surface area (Å²) in [7, 11) is 6.29. The number of nitrogens with zero attached hydrogens (tertiary/aromatic N) is 1. The van der Waals surface area contributed by atoms with E-state index >= 15 is 0 Å². The summed E-state index contributed by atoms with van der Waals surface area (Å²) >= 11 is 0. The number of fused-ring (bicyclic) bond motifs is 2. The minimum Gasteiger partial charge on any atom is -0.392 e. The van der Waals surface area contributed by atoms with Gasteiger partial charge in [0, 0.05) is 76.0 Å². The molecule has 1 spiro atoms. The Bertz CT molecular complexity index is 884. The number of methoxy groups -OCH3 is 4. The molecule has 10 nitrogen and oxygen atoms in total. The Balaban J connectivity index is 0.00000267. The van der Waals surface area contributed by atoms with E-state index in [1.54, 1.807) is 21.3 Å². The molecule has 5 saturated carbocycles. The number of likely N-dealkylation sites (tertiary alicyclic amines) is 1. The molecule has 6 rings (SSSR count). The van der Waals surface area contributed by atoms with Gasteiger partial charge < -0.3 is 44.5 Å². The van der Waals surface area contributed by atoms with Crippen LogP contribution in [0.3, 0.4) is 0 Å². The summed E-state index contributed by atoms with van der Waals surface area (Å²) in [6, 6.07) is -0.240. The van der Waals surface area contributed by atoms with Gasteiger partial charge in [-0.2, -0.15) is 0 Å². The van der Waals surface area contributed by atoms with E-state index in [-0.39, 0.29) is 30.8 Å². The molecule has 1 saturated heterocycles. The van der Waals surface area contributed by atoms with E-state index in [0.717, 1.165) is 0 Å². The zero-order valence-corrected chi connectivity index (χ0v) is 22.4. The van der Waals surface area contributed by atoms with E-state index in [1.165, 1.54) is 7.11 Å². The molecular formula is C25H42ClNO9. The zero-order valence-electron chi connectivity index (χ0n) is 21.6. The van der Waals surface area contributed by atoms with Crippen molar-refractivity contribution in [3.63, 3.8) is 0 Å². The normalized spacial score (nSPS) is 60.7. The van der Waals surface area contributed by atoms with E-state index in [9.17, 15) is 25.5 Å². The second kappa shape index (κ2) is 8.44. The molecule has 208 valence electrons. The van der Waals surface area contributed by atoms with Crippen LogP contribution in [0, 0.1) is 34.5 Å². The van der Waals surface area contributed by atoms with Gasteiger partial charge >= 0.3 is 0 Å². The SMILES string of the molecule is CCN1C[C@]2(COC)[C@H](O)C[C@H](OC)[C@]34C1[C@H]([C@H](OC)[C@H]23)[C@]1(O)[C@H]2[C@@H](O)[C@](O)(C[C@H]24)[C@@H](OC)[C@@H]1O.Cl. The highest BCUT2D eigenvalue weighted by molar-refractivity contribution is 5.85. The van der Waals surface area contributed by atoms with Gasteiger partial charge in [-0.05, 0) is 18.9 Å². The van der Waals surface area contributed by atoms with Crippen molar-refractivity contribution in [2.24, 2.45) is 34.5 Å². The van der Waals surface area contributed by atoms with Crippen LogP contribution >= 0.6 is 12.4 Å². The highest BCUT2D eigenvalue weighted by Gasteiger charge is 2.90. The monoisotopic (exact) mass is 535 g/mol. The second-order valence-electron chi connectivity index (χ2n) is 12.1. The summed E-state index contributed by atoms with van der Waals surface area (Å²) in [6.07, 6.45) is -4.95. The largest absolute Gasteiger partial charge is 0.392 e. The predicted octanol–water partition coefficient (Wildman–Crippen LogP) is -1.37. The van der Waals surface area contributed by atoms with Crippen LogP contribution in [0.2, 0.25) is 0 Å². The van der Waals surface area contributed by atoms with E-state index in [0.29, 0.717) is 26.1 Å². The first-order valence-electron chi connectivity index (χ1n) is 12.9. The molecule has 36 heavy (non-hydrogen) atoms. The topological polar surface area (TPSA) is 141 Å². The van der Waals surface area contributed by atoms with Crippen LogP contribution in [0.4, 0.5) is 0 Å². The molecule has 0 aromatic heterocycles. The maximum Gasteiger partial charge on any atom is 0.120 e. The minimum absolute atomic E-state index is 0. The van der Waals surface area contributed by atoms with Crippen LogP contribution in [0.1, 0.15) is 19.8 Å². The van der Waals surface area contributed by atoms with Crippen molar-refractivity contribution in [2.45, 2.75) is 73.6 Å². The molecular weight excluding hydrogens is 494 g/mol. The average molecular weight is 536 g/mol. The first kappa shape index (κ1) is 27.5. The van der Waals surface area contributed by atoms with E-state index in [2.05, 4.69) is 11.8 Å². The van der Waals surface area contributed by atoms with Crippen molar-refractivity contribution in [3.05, 3.63) is 0 Å². The number of ether oxygens (including phenoxy) is 4. The lowest BCUT2D eigenvalue weighted by atomic mass is 9.42. The summed E-state index contributed by atoms with van der Waals surface area (Å²) in [6.45, 7) is 3.58. The van der Waals surface area contributed by atoms with Gasteiger partial charge in [0.1, 0.15) is 23.4 Å². The number of aliphatic hydroxyl groups excluding tert-OH is 3. The summed E-state index contributed by atoms with van der Waals surface area (Å²) in [5, 5.41) is 59.3. The number of piperidine rings is 1. The number of rotatable bonds is 6. The third-order valence-electron chi connectivity index (χ3n) is 11.7. The van der Waals surface area contributed by atoms with E-state index in [4.69, 9.17) is 18.9 Å². The number of hydrogen-bond acceptors (Lipinski definition) is 10. The van der Waals surface area contributed by atoms with Crippen LogP contribution in [-0.2, 0) is 18.9 Å². The molecule has 0 aromatic carbocycles. The zero-order chi connectivity index (χ0) is 25.3. The van der Waals surface area contributed by atoms with Gasteiger partial charge in [0.2, 0.25) is 0 Å². The van der Waals surface area contributed by atoms with E-state index < -0.39 is 76.4 Å². The Morgan fingerprint density at radius 3 is 2.19 bits per heavy atom. The molecule has 0 radical (unpaired) electrons. The van der Waals surface area contributed by atoms with Crippen LogP contribution in [0.25, 0.3) is 0 Å². The molecule has 1 unspecified atom stereocenters. The van der Waals surface area contributed by atoms with Crippen molar-refractivity contribution in [2.75, 3.05) is 48.1 Å². The molecule has 7 bridgehead atoms. The van der Waals surface area contributed by atoms with Gasteiger partial charge in [-0.1, -0.05) is 6.92 Å². The first-order chi connectivity index (χ1) is 16.6. The Hall–Kier alpha value is -0.110. The van der Waals surface area contributed by atoms with Crippen LogP contribution < -0.4 is 0 Å². The summed E-state index contributed by atoms with van der Waals surface area (Å²) < 4.78 is 23.7. The Kier molecular flexibility index (Phi) is 6.44. The molecule has 1 aliphatic heterocycles. The lowest BCUT2D eigenvalue weighted by Crippen LogP contribution is -2.81. The standard InChI is InChI=1S/C25H41NO9.ClH/c1-6-26-9-22(10-32-2)12(27)7-13(33-3)24-11-8-23(30)19(28)14(11)25(31,20(29)21(23)35-5)15(18(24)26)16(34-4)17(22)24;/h11-21,27-31H,6-10H2,1-5H3;1H/t11-,12-,13+,14-,15+,16+,17-,18?,19-,20+,21+,22+,23-,24+,25-;/m1./s1. The summed E-state index contributed by atoms with van der Waals surface area (Å²) in [5.41, 5.74) is -4.81. The van der Waals surface area contributed by atoms with Crippen molar-refractivity contribution in [1.29, 1.82) is 0 Å². The summed E-state index contributed by atoms with van der Waals surface area (Å²) in [4.78, 5) is 2.29. The third kappa shape index (κ3) is 2.55. The Morgan fingerprint density at radius 1 is 0.944 bits per heavy atom. The number of hydrogen-bond donors (Lipinski definition) is 5. The van der Waals surface area contributed by atoms with Crippen molar-refractivity contribution < 1.29 is 44.5 Å². The molecule has 5 aliphatic carbocycles. The molecule has 1 heterocycles. The van der Waals surface area contributed by atoms with Crippen LogP contribution in [0.15, 0.2) is 0 Å². The number of aliphatic hydroxyl groups is 5. The maximum absolute atomic E-state index is 12.6. The molecule has 5 N–H and O–H groups in total. The second-order valence-corrected chi connectivity index (χ2v) is 12.1. The number of halogens is 1. The van der Waals surface area contributed by atoms with Gasteiger partial charge in [0.05, 0.1) is 31.0 Å². The highest BCUT2D eigenvalue weighted by atomic mass is 35.5. The summed E-state index contributed by atoms with van der Waals surface area (Å²) in [5.74, 6) is -2.04. The van der Waals surface area contributed by atoms with Gasteiger partial charge in [-0.25, -0.2) is 0 Å². The fraction of sp³-hybridized carbons (Fsp3) is 1.00. The Labute approximate surface area is 218 Å². The van der Waals surface area contributed by atoms with Crippen LogP contribution in [-0.4, -0.2) is 132 Å². The molecule has 6 fully saturated rings. The fourth-order valence-electron chi connectivity index (χ4n) is 11.0. The van der Waals surface area contributed by atoms with Gasteiger partial charge in [0.25, 0.3) is 0 Å². The molecule has 0 aromatic rings. The first-order valence-corrected chi connectivity index (χ1v) is 12.9. The van der Waals surface area contributed by atoms with Gasteiger partial charge in [-0.3, -0.25) is 4.90 Å². The third-order valence-corrected chi connectivity index (χ3v) is 11.7. The van der Waals surface area contributed by atoms with E-state index in [1.807, 2.05) is 0 Å². The molecule has 11 heteroatoms. The molecule has 6 aliphatic rings. The minimum atomic E-state index is -1.76. The maximum atomic E-state index is 12.6. The predicted molar refractivity (Wildman–Crippen MR) is 129 cm³/mol. The van der Waals surface area contributed by atoms with Crippen molar-refractivity contribution >= 4 is 12.4 Å². The van der Waals surface area contributed by atoms with Crippen LogP contribution in [0.5, 0.6) is 0 Å². The van der Waals surface area contributed by atoms with Crippen molar-refractivity contribution in [3.8, 4) is 0 Å². The Morgan fingerprint density at radius 2 is 1.64 bits per heavy atom. The lowest BCUT2D eigenvalue weighted by molar-refractivity contribution is -0.320. The average Bonchev–Trinajstić information content (AvgIpc) is 3.19. The molecule has 0 amide bonds. The highest BCUT2D eigenvalue weighted by Crippen LogP contribution is 2.79. The fourth-order valence-corrected chi connectivity index (χ4v) is 11.0. The lowest BCUT2D eigenvalue weighted by Gasteiger charge is -2.70.